The lowest BCUT2D eigenvalue weighted by Crippen LogP contribution is -2.11. The molecule has 1 aliphatic heterocycles. The first kappa shape index (κ1) is 12.2. The van der Waals surface area contributed by atoms with Gasteiger partial charge < -0.3 is 14.8 Å². The van der Waals surface area contributed by atoms with Gasteiger partial charge in [0.05, 0.1) is 5.88 Å². The second kappa shape index (κ2) is 5.02. The zero-order valence-corrected chi connectivity index (χ0v) is 11.1. The normalized spacial score (nSPS) is 12.5. The predicted octanol–water partition coefficient (Wildman–Crippen LogP) is 2.26. The van der Waals surface area contributed by atoms with Gasteiger partial charge in [-0.2, -0.15) is 0 Å². The van der Waals surface area contributed by atoms with E-state index >= 15 is 0 Å². The molecule has 2 heterocycles. The molecule has 1 N–H and O–H groups in total. The minimum Gasteiger partial charge on any atom is -0.454 e. The number of carbonyl (C=O) groups excluding carboxylic acids is 1. The maximum Gasteiger partial charge on any atom is 0.286 e. The van der Waals surface area contributed by atoms with Crippen LogP contribution < -0.4 is 14.8 Å². The number of hydrogen-bond acceptors (Lipinski definition) is 6. The van der Waals surface area contributed by atoms with Crippen LogP contribution in [0.3, 0.4) is 0 Å². The van der Waals surface area contributed by atoms with Gasteiger partial charge in [-0.05, 0) is 12.1 Å². The van der Waals surface area contributed by atoms with Gasteiger partial charge in [0.2, 0.25) is 11.8 Å². The van der Waals surface area contributed by atoms with Crippen LogP contribution in [0.25, 0.3) is 0 Å². The second-order valence-electron chi connectivity index (χ2n) is 3.66. The highest BCUT2D eigenvalue weighted by Crippen LogP contribution is 2.34. The van der Waals surface area contributed by atoms with Crippen molar-refractivity contribution in [2.45, 2.75) is 5.88 Å². The summed E-state index contributed by atoms with van der Waals surface area (Å²) in [5.41, 5.74) is 0.608. The van der Waals surface area contributed by atoms with Crippen LogP contribution in [-0.4, -0.2) is 22.9 Å². The molecule has 0 saturated carbocycles. The monoisotopic (exact) mass is 297 g/mol. The molecule has 0 spiro atoms. The quantitative estimate of drug-likeness (QED) is 0.880. The Labute approximate surface area is 117 Å². The third-order valence-corrected chi connectivity index (χ3v) is 3.74. The molecular formula is C11H8ClN3O3S. The van der Waals surface area contributed by atoms with E-state index in [1.165, 1.54) is 0 Å². The van der Waals surface area contributed by atoms with Crippen molar-refractivity contribution in [3.05, 3.63) is 28.2 Å². The molecule has 6 nitrogen and oxygen atoms in total. The number of alkyl halides is 1. The van der Waals surface area contributed by atoms with E-state index in [1.807, 2.05) is 0 Å². The van der Waals surface area contributed by atoms with Crippen LogP contribution in [0.1, 0.15) is 14.8 Å². The Hall–Kier alpha value is -1.86. The van der Waals surface area contributed by atoms with Crippen LogP contribution in [0.2, 0.25) is 0 Å². The van der Waals surface area contributed by atoms with E-state index < -0.39 is 0 Å². The highest BCUT2D eigenvalue weighted by atomic mass is 35.5. The summed E-state index contributed by atoms with van der Waals surface area (Å²) >= 11 is 6.78. The van der Waals surface area contributed by atoms with Crippen molar-refractivity contribution in [2.24, 2.45) is 0 Å². The molecule has 0 saturated heterocycles. The van der Waals surface area contributed by atoms with Crippen molar-refractivity contribution in [3.63, 3.8) is 0 Å². The summed E-state index contributed by atoms with van der Waals surface area (Å²) in [5.74, 6) is 1.19. The smallest absolute Gasteiger partial charge is 0.286 e. The van der Waals surface area contributed by atoms with Gasteiger partial charge in [-0.3, -0.25) is 4.79 Å². The molecule has 0 atom stereocenters. The van der Waals surface area contributed by atoms with Gasteiger partial charge in [0, 0.05) is 11.8 Å². The first-order valence-electron chi connectivity index (χ1n) is 5.35. The summed E-state index contributed by atoms with van der Waals surface area (Å²) < 4.78 is 10.4. The topological polar surface area (TPSA) is 73.3 Å². The van der Waals surface area contributed by atoms with Crippen molar-refractivity contribution < 1.29 is 14.3 Å². The number of anilines is 1. The van der Waals surface area contributed by atoms with Gasteiger partial charge in [-0.1, -0.05) is 11.3 Å². The van der Waals surface area contributed by atoms with Crippen LogP contribution in [0, 0.1) is 0 Å². The van der Waals surface area contributed by atoms with Crippen LogP contribution >= 0.6 is 22.9 Å². The van der Waals surface area contributed by atoms with Gasteiger partial charge in [0.1, 0.15) is 5.01 Å². The van der Waals surface area contributed by atoms with Crippen molar-refractivity contribution >= 4 is 34.5 Å². The number of carbonyl (C=O) groups is 1. The fraction of sp³-hybridized carbons (Fsp3) is 0.182. The van der Waals surface area contributed by atoms with E-state index in [2.05, 4.69) is 15.5 Å². The average Bonchev–Trinajstić information content (AvgIpc) is 3.06. The highest BCUT2D eigenvalue weighted by molar-refractivity contribution is 7.13. The maximum atomic E-state index is 11.9. The van der Waals surface area contributed by atoms with Crippen molar-refractivity contribution in [1.82, 2.24) is 10.2 Å². The third kappa shape index (κ3) is 2.47. The Balaban J connectivity index is 1.75. The largest absolute Gasteiger partial charge is 0.454 e. The number of hydrogen-bond donors (Lipinski definition) is 1. The first-order chi connectivity index (χ1) is 9.26. The summed E-state index contributed by atoms with van der Waals surface area (Å²) in [6.45, 7) is 0.197. The zero-order valence-electron chi connectivity index (χ0n) is 9.55. The van der Waals surface area contributed by atoms with Crippen LogP contribution in [-0.2, 0) is 5.88 Å². The molecule has 98 valence electrons. The van der Waals surface area contributed by atoms with Gasteiger partial charge >= 0.3 is 0 Å². The Morgan fingerprint density at radius 1 is 1.37 bits per heavy atom. The van der Waals surface area contributed by atoms with Gasteiger partial charge in [-0.15, -0.1) is 21.8 Å². The van der Waals surface area contributed by atoms with E-state index in [-0.39, 0.29) is 23.6 Å². The molecule has 19 heavy (non-hydrogen) atoms. The summed E-state index contributed by atoms with van der Waals surface area (Å²) in [7, 11) is 0. The molecule has 0 bridgehead atoms. The zero-order chi connectivity index (χ0) is 13.2. The van der Waals surface area contributed by atoms with Gasteiger partial charge in [0.25, 0.3) is 5.91 Å². The molecule has 0 fully saturated rings. The lowest BCUT2D eigenvalue weighted by molar-refractivity contribution is 0.102. The lowest BCUT2D eigenvalue weighted by atomic mass is 10.3. The van der Waals surface area contributed by atoms with Crippen LogP contribution in [0.4, 0.5) is 5.69 Å². The molecule has 1 amide bonds. The summed E-state index contributed by atoms with van der Waals surface area (Å²) in [5, 5.41) is 11.2. The van der Waals surface area contributed by atoms with Crippen molar-refractivity contribution in [1.29, 1.82) is 0 Å². The Kier molecular flexibility index (Phi) is 3.22. The molecule has 1 aromatic carbocycles. The lowest BCUT2D eigenvalue weighted by Gasteiger charge is -2.03. The first-order valence-corrected chi connectivity index (χ1v) is 6.71. The molecule has 1 aliphatic rings. The number of halogens is 1. The Morgan fingerprint density at radius 2 is 2.21 bits per heavy atom. The SMILES string of the molecule is O=C(Nc1ccc2c(c1)OCO2)c1nnc(CCl)s1. The average molecular weight is 298 g/mol. The van der Waals surface area contributed by atoms with Gasteiger partial charge in [0.15, 0.2) is 11.5 Å². The van der Waals surface area contributed by atoms with Crippen molar-refractivity contribution in [2.75, 3.05) is 12.1 Å². The fourth-order valence-corrected chi connectivity index (χ4v) is 2.36. The van der Waals surface area contributed by atoms with Crippen LogP contribution in [0.15, 0.2) is 18.2 Å². The number of nitrogens with one attached hydrogen (secondary N) is 1. The highest BCUT2D eigenvalue weighted by Gasteiger charge is 2.16. The van der Waals surface area contributed by atoms with Gasteiger partial charge in [-0.25, -0.2) is 0 Å². The fourth-order valence-electron chi connectivity index (χ4n) is 1.56. The maximum absolute atomic E-state index is 11.9. The predicted molar refractivity (Wildman–Crippen MR) is 70.0 cm³/mol. The number of aromatic nitrogens is 2. The number of ether oxygens (including phenoxy) is 2. The second-order valence-corrected chi connectivity index (χ2v) is 4.99. The van der Waals surface area contributed by atoms with E-state index in [9.17, 15) is 4.79 Å². The summed E-state index contributed by atoms with van der Waals surface area (Å²) in [4.78, 5) is 11.9. The molecule has 2 aromatic rings. The molecule has 3 rings (SSSR count). The summed E-state index contributed by atoms with van der Waals surface area (Å²) in [6, 6.07) is 5.17. The minimum absolute atomic E-state index is 0.197. The summed E-state index contributed by atoms with van der Waals surface area (Å²) in [6.07, 6.45) is 0. The number of fused-ring (bicyclic) bond motifs is 1. The molecular weight excluding hydrogens is 290 g/mol. The number of nitrogens with zero attached hydrogens (tertiary/aromatic N) is 2. The molecule has 8 heteroatoms. The Bertz CT molecular complexity index is 631. The number of rotatable bonds is 3. The molecule has 0 radical (unpaired) electrons. The Morgan fingerprint density at radius 3 is 3.00 bits per heavy atom. The van der Waals surface area contributed by atoms with E-state index in [0.29, 0.717) is 22.2 Å². The van der Waals surface area contributed by atoms with E-state index in [0.717, 1.165) is 11.3 Å². The molecule has 0 aliphatic carbocycles. The van der Waals surface area contributed by atoms with E-state index in [4.69, 9.17) is 21.1 Å². The van der Waals surface area contributed by atoms with Crippen LogP contribution in [0.5, 0.6) is 11.5 Å². The minimum atomic E-state index is -0.326. The number of benzene rings is 1. The van der Waals surface area contributed by atoms with Crippen molar-refractivity contribution in [3.8, 4) is 11.5 Å². The molecule has 1 aromatic heterocycles. The third-order valence-electron chi connectivity index (χ3n) is 2.41. The standard InChI is InChI=1S/C11H8ClN3O3S/c12-4-9-14-15-11(19-9)10(16)13-6-1-2-7-8(3-6)18-5-17-7/h1-3H,4-5H2,(H,13,16). The van der Waals surface area contributed by atoms with E-state index in [1.54, 1.807) is 18.2 Å². The number of amides is 1. The molecule has 0 unspecified atom stereocenters.